The van der Waals surface area contributed by atoms with Crippen molar-refractivity contribution in [1.82, 2.24) is 14.5 Å². The van der Waals surface area contributed by atoms with Crippen LogP contribution in [-0.4, -0.2) is 44.1 Å². The number of hydrogen-bond acceptors (Lipinski definition) is 5. The third-order valence-electron chi connectivity index (χ3n) is 2.62. The third-order valence-corrected chi connectivity index (χ3v) is 3.27. The molecule has 1 saturated heterocycles. The molecule has 7 heteroatoms. The molecule has 0 aliphatic carbocycles. The van der Waals surface area contributed by atoms with Gasteiger partial charge in [0, 0.05) is 6.54 Å². The number of likely N-dealkylation sites (tertiary alicyclic amines) is 1. The molecule has 2 heterocycles. The summed E-state index contributed by atoms with van der Waals surface area (Å²) in [5.74, 6) is -1.22. The lowest BCUT2D eigenvalue weighted by Gasteiger charge is -2.32. The minimum absolute atomic E-state index is 0.276. The van der Waals surface area contributed by atoms with Gasteiger partial charge in [-0.15, -0.1) is 5.10 Å². The van der Waals surface area contributed by atoms with Crippen molar-refractivity contribution in [1.29, 1.82) is 0 Å². The fourth-order valence-electron chi connectivity index (χ4n) is 1.83. The SMILES string of the molecule is O=C(O)[C@H]1CCCCN1C(=O)c1cnns1. The van der Waals surface area contributed by atoms with Crippen LogP contribution < -0.4 is 0 Å². The van der Waals surface area contributed by atoms with Gasteiger partial charge < -0.3 is 10.0 Å². The largest absolute Gasteiger partial charge is 0.480 e. The molecule has 6 nitrogen and oxygen atoms in total. The quantitative estimate of drug-likeness (QED) is 0.820. The van der Waals surface area contributed by atoms with Crippen molar-refractivity contribution < 1.29 is 14.7 Å². The monoisotopic (exact) mass is 241 g/mol. The Morgan fingerprint density at radius 2 is 2.31 bits per heavy atom. The molecule has 0 aromatic carbocycles. The fourth-order valence-corrected chi connectivity index (χ4v) is 2.31. The highest BCUT2D eigenvalue weighted by atomic mass is 32.1. The van der Waals surface area contributed by atoms with Crippen LogP contribution in [0, 0.1) is 0 Å². The molecule has 1 aromatic rings. The Morgan fingerprint density at radius 1 is 1.50 bits per heavy atom. The first-order chi connectivity index (χ1) is 7.70. The van der Waals surface area contributed by atoms with Gasteiger partial charge in [-0.1, -0.05) is 4.49 Å². The van der Waals surface area contributed by atoms with Gasteiger partial charge in [-0.3, -0.25) is 4.79 Å². The fraction of sp³-hybridized carbons (Fsp3) is 0.556. The van der Waals surface area contributed by atoms with E-state index in [1.165, 1.54) is 11.1 Å². The van der Waals surface area contributed by atoms with E-state index in [0.29, 0.717) is 17.8 Å². The zero-order chi connectivity index (χ0) is 11.5. The van der Waals surface area contributed by atoms with E-state index in [2.05, 4.69) is 9.59 Å². The zero-order valence-electron chi connectivity index (χ0n) is 8.50. The molecule has 1 aliphatic heterocycles. The van der Waals surface area contributed by atoms with E-state index in [4.69, 9.17) is 5.11 Å². The van der Waals surface area contributed by atoms with Crippen LogP contribution in [-0.2, 0) is 4.79 Å². The number of carboxylic acid groups (broad SMARTS) is 1. The van der Waals surface area contributed by atoms with Crippen LogP contribution in [0.2, 0.25) is 0 Å². The van der Waals surface area contributed by atoms with Gasteiger partial charge >= 0.3 is 5.97 Å². The predicted molar refractivity (Wildman–Crippen MR) is 56.2 cm³/mol. The highest BCUT2D eigenvalue weighted by Crippen LogP contribution is 2.20. The summed E-state index contributed by atoms with van der Waals surface area (Å²) in [6, 6.07) is -0.705. The molecule has 2 rings (SSSR count). The minimum atomic E-state index is -0.939. The summed E-state index contributed by atoms with van der Waals surface area (Å²) < 4.78 is 3.60. The average Bonchev–Trinajstić information content (AvgIpc) is 2.81. The van der Waals surface area contributed by atoms with Crippen LogP contribution >= 0.6 is 11.5 Å². The first-order valence-electron chi connectivity index (χ1n) is 5.01. The Kier molecular flexibility index (Phi) is 3.14. The maximum Gasteiger partial charge on any atom is 0.326 e. The molecule has 86 valence electrons. The number of aliphatic carboxylic acids is 1. The van der Waals surface area contributed by atoms with Crippen molar-refractivity contribution >= 4 is 23.4 Å². The molecule has 0 spiro atoms. The summed E-state index contributed by atoms with van der Waals surface area (Å²) in [5, 5.41) is 12.6. The van der Waals surface area contributed by atoms with E-state index in [0.717, 1.165) is 24.4 Å². The summed E-state index contributed by atoms with van der Waals surface area (Å²) in [4.78, 5) is 24.8. The number of carboxylic acids is 1. The zero-order valence-corrected chi connectivity index (χ0v) is 9.31. The van der Waals surface area contributed by atoms with Gasteiger partial charge in [0.05, 0.1) is 6.20 Å². The summed E-state index contributed by atoms with van der Waals surface area (Å²) in [6.07, 6.45) is 3.59. The van der Waals surface area contributed by atoms with E-state index in [1.54, 1.807) is 0 Å². The Balaban J connectivity index is 2.17. The number of aromatic nitrogens is 2. The minimum Gasteiger partial charge on any atom is -0.480 e. The van der Waals surface area contributed by atoms with Crippen molar-refractivity contribution in [3.63, 3.8) is 0 Å². The van der Waals surface area contributed by atoms with Gasteiger partial charge in [-0.25, -0.2) is 4.79 Å². The molecule has 16 heavy (non-hydrogen) atoms. The Hall–Kier alpha value is -1.50. The highest BCUT2D eigenvalue weighted by Gasteiger charge is 2.33. The summed E-state index contributed by atoms with van der Waals surface area (Å²) in [6.45, 7) is 0.494. The van der Waals surface area contributed by atoms with E-state index >= 15 is 0 Å². The second-order valence-electron chi connectivity index (χ2n) is 3.63. The van der Waals surface area contributed by atoms with E-state index in [-0.39, 0.29) is 5.91 Å². The number of piperidine rings is 1. The first kappa shape index (κ1) is 11.0. The summed E-state index contributed by atoms with van der Waals surface area (Å²) in [7, 11) is 0. The van der Waals surface area contributed by atoms with Crippen molar-refractivity contribution in [3.05, 3.63) is 11.1 Å². The van der Waals surface area contributed by atoms with Gasteiger partial charge in [-0.05, 0) is 30.8 Å². The maximum atomic E-state index is 12.0. The number of carbonyl (C=O) groups is 2. The summed E-state index contributed by atoms with van der Waals surface area (Å²) in [5.41, 5.74) is 0. The standard InChI is InChI=1S/C9H11N3O3S/c13-8(7-5-10-11-16-7)12-4-2-1-3-6(12)9(14)15/h5-6H,1-4H2,(H,14,15)/t6-/m1/s1. The number of nitrogens with zero attached hydrogens (tertiary/aromatic N) is 3. The van der Waals surface area contributed by atoms with Gasteiger partial charge in [-0.2, -0.15) is 0 Å². The molecule has 1 aromatic heterocycles. The molecule has 0 unspecified atom stereocenters. The van der Waals surface area contributed by atoms with Crippen LogP contribution in [0.3, 0.4) is 0 Å². The van der Waals surface area contributed by atoms with Crippen molar-refractivity contribution in [3.8, 4) is 0 Å². The van der Waals surface area contributed by atoms with Crippen LogP contribution in [0.5, 0.6) is 0 Å². The third kappa shape index (κ3) is 2.04. The molecule has 1 N–H and O–H groups in total. The normalized spacial score (nSPS) is 20.8. The smallest absolute Gasteiger partial charge is 0.326 e. The second-order valence-corrected chi connectivity index (χ2v) is 4.42. The number of amides is 1. The number of carbonyl (C=O) groups excluding carboxylic acids is 1. The summed E-state index contributed by atoms with van der Waals surface area (Å²) >= 11 is 0.993. The molecular formula is C9H11N3O3S. The van der Waals surface area contributed by atoms with Crippen molar-refractivity contribution in [2.45, 2.75) is 25.3 Å². The van der Waals surface area contributed by atoms with E-state index in [9.17, 15) is 9.59 Å². The predicted octanol–water partition coefficient (Wildman–Crippen LogP) is 0.617. The van der Waals surface area contributed by atoms with Gasteiger partial charge in [0.2, 0.25) is 0 Å². The van der Waals surface area contributed by atoms with Crippen molar-refractivity contribution in [2.75, 3.05) is 6.54 Å². The van der Waals surface area contributed by atoms with Gasteiger partial charge in [0.1, 0.15) is 10.9 Å². The molecule has 1 atom stereocenters. The molecular weight excluding hydrogens is 230 g/mol. The lowest BCUT2D eigenvalue weighted by atomic mass is 10.0. The molecule has 0 saturated carbocycles. The average molecular weight is 241 g/mol. The van der Waals surface area contributed by atoms with Gasteiger partial charge in [0.25, 0.3) is 5.91 Å². The van der Waals surface area contributed by atoms with Crippen LogP contribution in [0.4, 0.5) is 0 Å². The molecule has 1 aliphatic rings. The molecule has 1 fully saturated rings. The molecule has 0 bridgehead atoms. The second kappa shape index (κ2) is 4.56. The lowest BCUT2D eigenvalue weighted by molar-refractivity contribution is -0.143. The Morgan fingerprint density at radius 3 is 2.94 bits per heavy atom. The van der Waals surface area contributed by atoms with E-state index < -0.39 is 12.0 Å². The van der Waals surface area contributed by atoms with Gasteiger partial charge in [0.15, 0.2) is 0 Å². The topological polar surface area (TPSA) is 83.4 Å². The lowest BCUT2D eigenvalue weighted by Crippen LogP contribution is -2.47. The first-order valence-corrected chi connectivity index (χ1v) is 5.78. The Bertz CT molecular complexity index is 393. The van der Waals surface area contributed by atoms with Crippen LogP contribution in [0.15, 0.2) is 6.20 Å². The Labute approximate surface area is 96.0 Å². The molecule has 1 amide bonds. The highest BCUT2D eigenvalue weighted by molar-refractivity contribution is 7.07. The van der Waals surface area contributed by atoms with Crippen molar-refractivity contribution in [2.24, 2.45) is 0 Å². The van der Waals surface area contributed by atoms with Crippen LogP contribution in [0.1, 0.15) is 28.9 Å². The van der Waals surface area contributed by atoms with E-state index in [1.807, 2.05) is 0 Å². The maximum absolute atomic E-state index is 12.0. The van der Waals surface area contributed by atoms with Crippen LogP contribution in [0.25, 0.3) is 0 Å². The number of rotatable bonds is 2. The number of hydrogen-bond donors (Lipinski definition) is 1. The molecule has 0 radical (unpaired) electrons.